The van der Waals surface area contributed by atoms with E-state index in [9.17, 15) is 4.39 Å². The Labute approximate surface area is 189 Å². The van der Waals surface area contributed by atoms with Crippen molar-refractivity contribution >= 4 is 17.2 Å². The molecule has 1 saturated carbocycles. The summed E-state index contributed by atoms with van der Waals surface area (Å²) in [6.07, 6.45) is 22.7. The van der Waals surface area contributed by atoms with Crippen LogP contribution >= 0.6 is 11.6 Å². The fourth-order valence-corrected chi connectivity index (χ4v) is 5.85. The van der Waals surface area contributed by atoms with Gasteiger partial charge in [0.1, 0.15) is 5.82 Å². The maximum atomic E-state index is 15.0. The molecule has 1 fully saturated rings. The summed E-state index contributed by atoms with van der Waals surface area (Å²) >= 11 is 6.38. The molecule has 0 aromatic heterocycles. The summed E-state index contributed by atoms with van der Waals surface area (Å²) in [6.45, 7) is 4.30. The van der Waals surface area contributed by atoms with E-state index in [1.165, 1.54) is 63.4 Å². The molecule has 1 atom stereocenters. The van der Waals surface area contributed by atoms with Crippen molar-refractivity contribution in [1.29, 1.82) is 0 Å². The zero-order valence-electron chi connectivity index (χ0n) is 19.1. The highest BCUT2D eigenvalue weighted by molar-refractivity contribution is 6.31. The van der Waals surface area contributed by atoms with Crippen LogP contribution in [-0.2, 0) is 6.42 Å². The summed E-state index contributed by atoms with van der Waals surface area (Å²) in [5, 5.41) is 0.321. The monoisotopic (exact) mass is 430 g/mol. The molecule has 30 heavy (non-hydrogen) atoms. The number of allylic oxidation sites excluding steroid dienone is 4. The largest absolute Gasteiger partial charge is 0.205 e. The number of rotatable bonds is 9. The van der Waals surface area contributed by atoms with Gasteiger partial charge < -0.3 is 0 Å². The van der Waals surface area contributed by atoms with Gasteiger partial charge in [-0.15, -0.1) is 0 Å². The molecular formula is C28H40ClF. The molecule has 166 valence electrons. The minimum atomic E-state index is -0.216. The highest BCUT2D eigenvalue weighted by Gasteiger charge is 2.29. The number of halogens is 2. The van der Waals surface area contributed by atoms with Crippen molar-refractivity contribution in [2.45, 2.75) is 97.3 Å². The molecule has 1 unspecified atom stereocenters. The van der Waals surface area contributed by atoms with Gasteiger partial charge in [0.25, 0.3) is 0 Å². The van der Waals surface area contributed by atoms with Crippen LogP contribution in [0.4, 0.5) is 4.39 Å². The molecule has 0 heterocycles. The lowest BCUT2D eigenvalue weighted by atomic mass is 9.70. The van der Waals surface area contributed by atoms with Gasteiger partial charge in [0, 0.05) is 5.56 Å². The third-order valence-corrected chi connectivity index (χ3v) is 7.96. The van der Waals surface area contributed by atoms with E-state index in [-0.39, 0.29) is 5.82 Å². The zero-order chi connectivity index (χ0) is 21.3. The lowest BCUT2D eigenvalue weighted by Gasteiger charge is -2.35. The maximum absolute atomic E-state index is 15.0. The normalized spacial score (nSPS) is 24.9. The summed E-state index contributed by atoms with van der Waals surface area (Å²) in [5.41, 5.74) is 2.81. The lowest BCUT2D eigenvalue weighted by Crippen LogP contribution is -2.23. The van der Waals surface area contributed by atoms with E-state index in [0.29, 0.717) is 5.02 Å². The Kier molecular flexibility index (Phi) is 9.50. The number of hydrogen-bond donors (Lipinski definition) is 0. The molecule has 0 nitrogen and oxygen atoms in total. The zero-order valence-corrected chi connectivity index (χ0v) is 19.8. The molecule has 0 radical (unpaired) electrons. The fourth-order valence-electron chi connectivity index (χ4n) is 5.59. The number of unbranched alkanes of at least 4 members (excludes halogenated alkanes) is 2. The maximum Gasteiger partial charge on any atom is 0.149 e. The van der Waals surface area contributed by atoms with E-state index in [1.54, 1.807) is 0 Å². The highest BCUT2D eigenvalue weighted by Crippen LogP contribution is 2.43. The van der Waals surface area contributed by atoms with Gasteiger partial charge in [-0.25, -0.2) is 4.39 Å². The SMILES string of the molecule is C/C=C/CCc1ccc(C2=CCC(C3CCC(CCCCC)CC3)CC2)c(F)c1Cl. The third-order valence-electron chi connectivity index (χ3n) is 7.55. The highest BCUT2D eigenvalue weighted by atomic mass is 35.5. The Morgan fingerprint density at radius 2 is 1.87 bits per heavy atom. The first-order valence-electron chi connectivity index (χ1n) is 12.4. The van der Waals surface area contributed by atoms with Gasteiger partial charge in [-0.05, 0) is 80.8 Å². The number of benzene rings is 1. The minimum Gasteiger partial charge on any atom is -0.205 e. The molecule has 0 amide bonds. The fraction of sp³-hybridized carbons (Fsp3) is 0.643. The molecular weight excluding hydrogens is 391 g/mol. The second-order valence-corrected chi connectivity index (χ2v) is 9.93. The van der Waals surface area contributed by atoms with Gasteiger partial charge in [0.2, 0.25) is 0 Å². The van der Waals surface area contributed by atoms with Gasteiger partial charge in [-0.2, -0.15) is 0 Å². The molecule has 0 spiro atoms. The summed E-state index contributed by atoms with van der Waals surface area (Å²) in [4.78, 5) is 0. The first-order chi connectivity index (χ1) is 14.6. The quantitative estimate of drug-likeness (QED) is 0.270. The van der Waals surface area contributed by atoms with Crippen LogP contribution in [0.2, 0.25) is 5.02 Å². The van der Waals surface area contributed by atoms with Crippen LogP contribution in [0.1, 0.15) is 102 Å². The Bertz CT molecular complexity index is 724. The van der Waals surface area contributed by atoms with Gasteiger partial charge in [0.15, 0.2) is 0 Å². The van der Waals surface area contributed by atoms with Crippen LogP contribution in [0.25, 0.3) is 5.57 Å². The molecule has 1 aromatic carbocycles. The molecule has 2 aliphatic carbocycles. The van der Waals surface area contributed by atoms with E-state index in [0.717, 1.165) is 54.6 Å². The van der Waals surface area contributed by atoms with Crippen molar-refractivity contribution < 1.29 is 4.39 Å². The van der Waals surface area contributed by atoms with Crippen LogP contribution in [0, 0.1) is 23.6 Å². The number of aryl methyl sites for hydroxylation is 1. The van der Waals surface area contributed by atoms with Crippen LogP contribution in [-0.4, -0.2) is 0 Å². The molecule has 0 saturated heterocycles. The van der Waals surface area contributed by atoms with Gasteiger partial charge in [0.05, 0.1) is 5.02 Å². The minimum absolute atomic E-state index is 0.216. The van der Waals surface area contributed by atoms with Gasteiger partial charge in [-0.3, -0.25) is 0 Å². The standard InChI is InChI=1S/C28H40ClF/c1-3-5-7-9-21-11-13-22(14-12-21)23-15-17-24(18-16-23)26-20-19-25(10-8-6-4-2)27(29)28(26)30/h4,6,17,19-23H,3,5,7-16,18H2,1-2H3/b6-4+. The Hall–Kier alpha value is -1.08. The van der Waals surface area contributed by atoms with E-state index in [2.05, 4.69) is 19.1 Å². The average Bonchev–Trinajstić information content (AvgIpc) is 2.78. The molecule has 3 rings (SSSR count). The Balaban J connectivity index is 1.54. The third kappa shape index (κ3) is 6.22. The van der Waals surface area contributed by atoms with E-state index >= 15 is 0 Å². The number of hydrogen-bond acceptors (Lipinski definition) is 0. The van der Waals surface area contributed by atoms with E-state index in [1.807, 2.05) is 25.1 Å². The van der Waals surface area contributed by atoms with Crippen molar-refractivity contribution in [3.63, 3.8) is 0 Å². The predicted octanol–water partition coefficient (Wildman–Crippen LogP) is 9.56. The van der Waals surface area contributed by atoms with Crippen molar-refractivity contribution in [3.05, 3.63) is 52.3 Å². The smallest absolute Gasteiger partial charge is 0.149 e. The molecule has 2 aliphatic rings. The van der Waals surface area contributed by atoms with Crippen molar-refractivity contribution in [2.75, 3.05) is 0 Å². The Morgan fingerprint density at radius 1 is 1.07 bits per heavy atom. The topological polar surface area (TPSA) is 0 Å². The average molecular weight is 431 g/mol. The van der Waals surface area contributed by atoms with Crippen LogP contribution < -0.4 is 0 Å². The van der Waals surface area contributed by atoms with E-state index < -0.39 is 0 Å². The van der Waals surface area contributed by atoms with E-state index in [4.69, 9.17) is 11.6 Å². The molecule has 1 aromatic rings. The van der Waals surface area contributed by atoms with Crippen molar-refractivity contribution in [2.24, 2.45) is 17.8 Å². The molecule has 0 bridgehead atoms. The van der Waals surface area contributed by atoms with Crippen molar-refractivity contribution in [3.8, 4) is 0 Å². The summed E-state index contributed by atoms with van der Waals surface area (Å²) < 4.78 is 15.0. The second-order valence-electron chi connectivity index (χ2n) is 9.55. The Morgan fingerprint density at radius 3 is 2.53 bits per heavy atom. The second kappa shape index (κ2) is 12.1. The molecule has 0 aliphatic heterocycles. The first kappa shape index (κ1) is 23.6. The summed E-state index contributed by atoms with van der Waals surface area (Å²) in [5.74, 6) is 2.44. The van der Waals surface area contributed by atoms with Gasteiger partial charge >= 0.3 is 0 Å². The molecule has 0 N–H and O–H groups in total. The van der Waals surface area contributed by atoms with Gasteiger partial charge in [-0.1, -0.05) is 87.4 Å². The molecule has 2 heteroatoms. The van der Waals surface area contributed by atoms with Crippen LogP contribution in [0.15, 0.2) is 30.4 Å². The first-order valence-corrected chi connectivity index (χ1v) is 12.8. The van der Waals surface area contributed by atoms with Crippen LogP contribution in [0.5, 0.6) is 0 Å². The van der Waals surface area contributed by atoms with Crippen molar-refractivity contribution in [1.82, 2.24) is 0 Å². The predicted molar refractivity (Wildman–Crippen MR) is 129 cm³/mol. The summed E-state index contributed by atoms with van der Waals surface area (Å²) in [7, 11) is 0. The van der Waals surface area contributed by atoms with Crippen LogP contribution in [0.3, 0.4) is 0 Å². The lowest BCUT2D eigenvalue weighted by molar-refractivity contribution is 0.187. The summed E-state index contributed by atoms with van der Waals surface area (Å²) in [6, 6.07) is 3.98.